The summed E-state index contributed by atoms with van der Waals surface area (Å²) in [6.07, 6.45) is 5.70. The standard InChI is InChI=1S/C22H26N4O2/c1-16-18(5-3-10-23-16)22(28)19-6-2-7-20(24-19)25-11-4-12-26(14-13-25)21(27)15-17-8-9-17/h2-3,5-7,10,17H,4,8-9,11-15H2,1H3. The van der Waals surface area contributed by atoms with Crippen LogP contribution < -0.4 is 4.90 Å². The number of ketones is 1. The highest BCUT2D eigenvalue weighted by atomic mass is 16.2. The molecule has 0 N–H and O–H groups in total. The largest absolute Gasteiger partial charge is 0.355 e. The molecule has 3 heterocycles. The van der Waals surface area contributed by atoms with Gasteiger partial charge in [-0.15, -0.1) is 0 Å². The molecule has 0 radical (unpaired) electrons. The molecule has 1 aliphatic carbocycles. The lowest BCUT2D eigenvalue weighted by Crippen LogP contribution is -2.35. The minimum atomic E-state index is -0.108. The second-order valence-corrected chi connectivity index (χ2v) is 7.72. The number of nitrogens with zero attached hydrogens (tertiary/aromatic N) is 4. The number of aromatic nitrogens is 2. The van der Waals surface area contributed by atoms with Crippen LogP contribution in [0.5, 0.6) is 0 Å². The predicted octanol–water partition coefficient (Wildman–Crippen LogP) is 2.85. The maximum Gasteiger partial charge on any atom is 0.222 e. The Labute approximate surface area is 165 Å². The maximum atomic E-state index is 12.8. The fraction of sp³-hybridized carbons (Fsp3) is 0.455. The Balaban J connectivity index is 1.46. The Hall–Kier alpha value is -2.76. The smallest absolute Gasteiger partial charge is 0.222 e. The summed E-state index contributed by atoms with van der Waals surface area (Å²) < 4.78 is 0. The van der Waals surface area contributed by atoms with Gasteiger partial charge in [-0.2, -0.15) is 0 Å². The Bertz CT molecular complexity index is 878. The van der Waals surface area contributed by atoms with Crippen molar-refractivity contribution in [1.29, 1.82) is 0 Å². The molecule has 146 valence electrons. The molecule has 0 atom stereocenters. The van der Waals surface area contributed by atoms with Crippen molar-refractivity contribution in [1.82, 2.24) is 14.9 Å². The molecule has 0 aromatic carbocycles. The highest BCUT2D eigenvalue weighted by Crippen LogP contribution is 2.33. The van der Waals surface area contributed by atoms with Crippen LogP contribution in [0.2, 0.25) is 0 Å². The monoisotopic (exact) mass is 378 g/mol. The number of pyridine rings is 2. The molecular weight excluding hydrogens is 352 g/mol. The van der Waals surface area contributed by atoms with Crippen LogP contribution in [0.25, 0.3) is 0 Å². The third kappa shape index (κ3) is 4.21. The zero-order chi connectivity index (χ0) is 19.5. The number of hydrogen-bond acceptors (Lipinski definition) is 5. The predicted molar refractivity (Wildman–Crippen MR) is 107 cm³/mol. The molecule has 1 amide bonds. The third-order valence-corrected chi connectivity index (χ3v) is 5.55. The molecule has 1 saturated heterocycles. The summed E-state index contributed by atoms with van der Waals surface area (Å²) in [5, 5.41) is 0. The van der Waals surface area contributed by atoms with Gasteiger partial charge in [0.2, 0.25) is 11.7 Å². The molecule has 1 saturated carbocycles. The van der Waals surface area contributed by atoms with Crippen molar-refractivity contribution in [3.63, 3.8) is 0 Å². The van der Waals surface area contributed by atoms with Gasteiger partial charge in [0, 0.05) is 50.1 Å². The summed E-state index contributed by atoms with van der Waals surface area (Å²) in [5.41, 5.74) is 1.72. The van der Waals surface area contributed by atoms with E-state index >= 15 is 0 Å². The van der Waals surface area contributed by atoms with Gasteiger partial charge < -0.3 is 9.80 Å². The van der Waals surface area contributed by atoms with Crippen molar-refractivity contribution in [3.8, 4) is 0 Å². The van der Waals surface area contributed by atoms with Gasteiger partial charge in [0.05, 0.1) is 0 Å². The highest BCUT2D eigenvalue weighted by Gasteiger charge is 2.28. The van der Waals surface area contributed by atoms with E-state index in [1.807, 2.05) is 24.0 Å². The van der Waals surface area contributed by atoms with Crippen LogP contribution in [0, 0.1) is 12.8 Å². The van der Waals surface area contributed by atoms with Crippen LogP contribution in [0.4, 0.5) is 5.82 Å². The molecular formula is C22H26N4O2. The van der Waals surface area contributed by atoms with E-state index < -0.39 is 0 Å². The van der Waals surface area contributed by atoms with Crippen molar-refractivity contribution in [2.24, 2.45) is 5.92 Å². The van der Waals surface area contributed by atoms with E-state index in [9.17, 15) is 9.59 Å². The third-order valence-electron chi connectivity index (χ3n) is 5.55. The number of rotatable bonds is 5. The SMILES string of the molecule is Cc1ncccc1C(=O)c1cccc(N2CCCN(C(=O)CC3CC3)CC2)n1. The molecule has 2 aromatic rings. The van der Waals surface area contributed by atoms with Gasteiger partial charge in [-0.25, -0.2) is 4.98 Å². The molecule has 0 spiro atoms. The molecule has 6 heteroatoms. The van der Waals surface area contributed by atoms with Gasteiger partial charge in [0.15, 0.2) is 0 Å². The Morgan fingerprint density at radius 2 is 1.93 bits per heavy atom. The Kier molecular flexibility index (Phi) is 5.37. The first-order chi connectivity index (χ1) is 13.6. The van der Waals surface area contributed by atoms with Gasteiger partial charge in [0.25, 0.3) is 0 Å². The quantitative estimate of drug-likeness (QED) is 0.749. The molecule has 2 aromatic heterocycles. The second-order valence-electron chi connectivity index (χ2n) is 7.72. The maximum absolute atomic E-state index is 12.8. The number of aryl methyl sites for hydroxylation is 1. The first-order valence-corrected chi connectivity index (χ1v) is 10.1. The summed E-state index contributed by atoms with van der Waals surface area (Å²) >= 11 is 0. The van der Waals surface area contributed by atoms with Gasteiger partial charge in [-0.3, -0.25) is 14.6 Å². The molecule has 0 unspecified atom stereocenters. The van der Waals surface area contributed by atoms with E-state index in [0.717, 1.165) is 31.9 Å². The molecule has 2 fully saturated rings. The molecule has 1 aliphatic heterocycles. The van der Waals surface area contributed by atoms with Crippen molar-refractivity contribution < 1.29 is 9.59 Å². The summed E-state index contributed by atoms with van der Waals surface area (Å²) in [7, 11) is 0. The van der Waals surface area contributed by atoms with Crippen molar-refractivity contribution >= 4 is 17.5 Å². The molecule has 4 rings (SSSR count). The fourth-order valence-electron chi connectivity index (χ4n) is 3.68. The normalized spacial score (nSPS) is 17.3. The minimum absolute atomic E-state index is 0.108. The van der Waals surface area contributed by atoms with Crippen molar-refractivity contribution in [3.05, 3.63) is 53.5 Å². The number of carbonyl (C=O) groups is 2. The summed E-state index contributed by atoms with van der Waals surface area (Å²) in [6.45, 7) is 4.93. The lowest BCUT2D eigenvalue weighted by atomic mass is 10.1. The van der Waals surface area contributed by atoms with Crippen molar-refractivity contribution in [2.75, 3.05) is 31.1 Å². The molecule has 2 aliphatic rings. The number of anilines is 1. The van der Waals surface area contributed by atoms with E-state index in [2.05, 4.69) is 14.9 Å². The summed E-state index contributed by atoms with van der Waals surface area (Å²) in [6, 6.07) is 9.12. The zero-order valence-electron chi connectivity index (χ0n) is 16.3. The van der Waals surface area contributed by atoms with E-state index in [1.165, 1.54) is 12.8 Å². The van der Waals surface area contributed by atoms with Crippen molar-refractivity contribution in [2.45, 2.75) is 32.6 Å². The average Bonchev–Trinajstić information content (AvgIpc) is 3.54. The highest BCUT2D eigenvalue weighted by molar-refractivity contribution is 6.08. The molecule has 0 bridgehead atoms. The fourth-order valence-corrected chi connectivity index (χ4v) is 3.68. The van der Waals surface area contributed by atoms with Crippen LogP contribution in [-0.2, 0) is 4.79 Å². The lowest BCUT2D eigenvalue weighted by Gasteiger charge is -2.23. The lowest BCUT2D eigenvalue weighted by molar-refractivity contribution is -0.131. The minimum Gasteiger partial charge on any atom is -0.355 e. The molecule has 6 nitrogen and oxygen atoms in total. The Morgan fingerprint density at radius 3 is 2.71 bits per heavy atom. The number of hydrogen-bond donors (Lipinski definition) is 0. The van der Waals surface area contributed by atoms with Crippen LogP contribution in [-0.4, -0.2) is 52.7 Å². The van der Waals surface area contributed by atoms with Gasteiger partial charge in [0.1, 0.15) is 11.5 Å². The van der Waals surface area contributed by atoms with E-state index in [4.69, 9.17) is 0 Å². The van der Waals surface area contributed by atoms with Gasteiger partial charge in [-0.05, 0) is 56.4 Å². The first kappa shape index (κ1) is 18.6. The summed E-state index contributed by atoms with van der Waals surface area (Å²) in [4.78, 5) is 38.3. The van der Waals surface area contributed by atoms with E-state index in [-0.39, 0.29) is 11.7 Å². The topological polar surface area (TPSA) is 66.4 Å². The molecule has 28 heavy (non-hydrogen) atoms. The van der Waals surface area contributed by atoms with Crippen LogP contribution >= 0.6 is 0 Å². The first-order valence-electron chi connectivity index (χ1n) is 10.1. The summed E-state index contributed by atoms with van der Waals surface area (Å²) in [5.74, 6) is 1.59. The van der Waals surface area contributed by atoms with Crippen LogP contribution in [0.3, 0.4) is 0 Å². The zero-order valence-corrected chi connectivity index (χ0v) is 16.3. The number of carbonyl (C=O) groups excluding carboxylic acids is 2. The second kappa shape index (κ2) is 8.09. The van der Waals surface area contributed by atoms with E-state index in [0.29, 0.717) is 35.8 Å². The van der Waals surface area contributed by atoms with E-state index in [1.54, 1.807) is 24.4 Å². The van der Waals surface area contributed by atoms with Gasteiger partial charge >= 0.3 is 0 Å². The number of amides is 1. The van der Waals surface area contributed by atoms with Crippen LogP contribution in [0.15, 0.2) is 36.5 Å². The van der Waals surface area contributed by atoms with Crippen LogP contribution in [0.1, 0.15) is 47.4 Å². The Morgan fingerprint density at radius 1 is 1.07 bits per heavy atom. The van der Waals surface area contributed by atoms with Gasteiger partial charge in [-0.1, -0.05) is 6.07 Å². The average molecular weight is 378 g/mol.